The molecular weight excluding hydrogens is 344 g/mol. The van der Waals surface area contributed by atoms with Gasteiger partial charge >= 0.3 is 0 Å². The lowest BCUT2D eigenvalue weighted by Crippen LogP contribution is -2.35. The molecule has 0 saturated carbocycles. The smallest absolute Gasteiger partial charge is 0.282 e. The maximum Gasteiger partial charge on any atom is 0.282 e. The van der Waals surface area contributed by atoms with Gasteiger partial charge in [0, 0.05) is 38.8 Å². The van der Waals surface area contributed by atoms with Gasteiger partial charge in [0.2, 0.25) is 0 Å². The van der Waals surface area contributed by atoms with Gasteiger partial charge in [0.25, 0.3) is 11.6 Å². The lowest BCUT2D eigenvalue weighted by Gasteiger charge is -2.22. The molecule has 1 aliphatic heterocycles. The Morgan fingerprint density at radius 2 is 1.81 bits per heavy atom. The first-order valence-corrected chi connectivity index (χ1v) is 8.82. The maximum absolute atomic E-state index is 12.8. The minimum Gasteiger partial charge on any atom is -0.337 e. The van der Waals surface area contributed by atoms with Crippen molar-refractivity contribution >= 4 is 11.6 Å². The Kier molecular flexibility index (Phi) is 5.79. The van der Waals surface area contributed by atoms with Crippen molar-refractivity contribution in [2.75, 3.05) is 26.2 Å². The average molecular weight is 364 g/mol. The third-order valence-corrected chi connectivity index (χ3v) is 4.70. The number of nitro benzene ring substituents is 1. The van der Waals surface area contributed by atoms with Crippen LogP contribution in [0.5, 0.6) is 0 Å². The number of nitrogens with zero attached hydrogens (tertiary/aromatic N) is 4. The van der Waals surface area contributed by atoms with Crippen molar-refractivity contribution < 1.29 is 9.72 Å². The van der Waals surface area contributed by atoms with Crippen LogP contribution in [-0.2, 0) is 6.54 Å². The van der Waals surface area contributed by atoms with Gasteiger partial charge in [0.1, 0.15) is 5.56 Å². The number of benzene rings is 2. The number of nitriles is 1. The lowest BCUT2D eigenvalue weighted by atomic mass is 10.1. The predicted octanol–water partition coefficient (Wildman–Crippen LogP) is 2.81. The third kappa shape index (κ3) is 4.49. The Balaban J connectivity index is 1.65. The van der Waals surface area contributed by atoms with E-state index in [1.54, 1.807) is 29.2 Å². The second-order valence-electron chi connectivity index (χ2n) is 6.50. The highest BCUT2D eigenvalue weighted by molar-refractivity contribution is 5.98. The second kappa shape index (κ2) is 8.43. The molecule has 2 aromatic rings. The topological polar surface area (TPSA) is 90.5 Å². The van der Waals surface area contributed by atoms with Crippen LogP contribution < -0.4 is 0 Å². The van der Waals surface area contributed by atoms with Gasteiger partial charge < -0.3 is 4.90 Å². The van der Waals surface area contributed by atoms with Gasteiger partial charge in [0.15, 0.2) is 0 Å². The zero-order valence-electron chi connectivity index (χ0n) is 14.9. The summed E-state index contributed by atoms with van der Waals surface area (Å²) < 4.78 is 0. The van der Waals surface area contributed by atoms with E-state index in [2.05, 4.69) is 11.0 Å². The lowest BCUT2D eigenvalue weighted by molar-refractivity contribution is -0.385. The summed E-state index contributed by atoms with van der Waals surface area (Å²) in [6.07, 6.45) is 0.808. The van der Waals surface area contributed by atoms with Crippen LogP contribution in [0.1, 0.15) is 27.9 Å². The molecule has 1 saturated heterocycles. The first-order valence-electron chi connectivity index (χ1n) is 8.82. The third-order valence-electron chi connectivity index (χ3n) is 4.70. The SMILES string of the molecule is N#Cc1ccc(CN2CCCN(C(=O)c3ccccc3[N+](=O)[O-])CC2)cc1. The number of hydrogen-bond donors (Lipinski definition) is 0. The van der Waals surface area contributed by atoms with E-state index < -0.39 is 4.92 Å². The number of hydrogen-bond acceptors (Lipinski definition) is 5. The Labute approximate surface area is 157 Å². The fraction of sp³-hybridized carbons (Fsp3) is 0.300. The molecule has 0 aromatic heterocycles. The summed E-state index contributed by atoms with van der Waals surface area (Å²) in [5.41, 5.74) is 1.74. The molecule has 1 fully saturated rings. The Bertz CT molecular complexity index is 874. The Morgan fingerprint density at radius 3 is 2.52 bits per heavy atom. The highest BCUT2D eigenvalue weighted by Crippen LogP contribution is 2.20. The second-order valence-corrected chi connectivity index (χ2v) is 6.50. The quantitative estimate of drug-likeness (QED) is 0.615. The molecule has 1 heterocycles. The molecule has 0 spiro atoms. The van der Waals surface area contributed by atoms with E-state index in [1.807, 2.05) is 12.1 Å². The highest BCUT2D eigenvalue weighted by Gasteiger charge is 2.25. The van der Waals surface area contributed by atoms with Crippen LogP contribution in [0.4, 0.5) is 5.69 Å². The van der Waals surface area contributed by atoms with Gasteiger partial charge in [-0.3, -0.25) is 19.8 Å². The fourth-order valence-corrected chi connectivity index (χ4v) is 3.26. The number of nitro groups is 1. The number of rotatable bonds is 4. The largest absolute Gasteiger partial charge is 0.337 e. The van der Waals surface area contributed by atoms with Gasteiger partial charge in [0.05, 0.1) is 16.6 Å². The highest BCUT2D eigenvalue weighted by atomic mass is 16.6. The van der Waals surface area contributed by atoms with Gasteiger partial charge in [-0.1, -0.05) is 24.3 Å². The minimum atomic E-state index is -0.512. The molecule has 27 heavy (non-hydrogen) atoms. The van der Waals surface area contributed by atoms with Crippen molar-refractivity contribution in [1.29, 1.82) is 5.26 Å². The van der Waals surface area contributed by atoms with Crippen molar-refractivity contribution in [3.8, 4) is 6.07 Å². The standard InChI is InChI=1S/C20H20N4O3/c21-14-16-6-8-17(9-7-16)15-22-10-3-11-23(13-12-22)20(25)18-4-1-2-5-19(18)24(26)27/h1-2,4-9H,3,10-13,15H2. The molecule has 138 valence electrons. The molecule has 7 nitrogen and oxygen atoms in total. The molecular formula is C20H20N4O3. The van der Waals surface area contributed by atoms with Crippen LogP contribution in [-0.4, -0.2) is 46.8 Å². The van der Waals surface area contributed by atoms with E-state index in [-0.39, 0.29) is 17.2 Å². The predicted molar refractivity (Wildman–Crippen MR) is 100 cm³/mol. The van der Waals surface area contributed by atoms with Crippen molar-refractivity contribution in [1.82, 2.24) is 9.80 Å². The van der Waals surface area contributed by atoms with Crippen molar-refractivity contribution in [2.45, 2.75) is 13.0 Å². The summed E-state index contributed by atoms with van der Waals surface area (Å²) in [5.74, 6) is -0.289. The van der Waals surface area contributed by atoms with Crippen LogP contribution in [0.15, 0.2) is 48.5 Å². The normalized spacial score (nSPS) is 15.0. The molecule has 3 rings (SSSR count). The van der Waals surface area contributed by atoms with E-state index in [4.69, 9.17) is 5.26 Å². The first kappa shape index (κ1) is 18.5. The molecule has 7 heteroatoms. The molecule has 0 bridgehead atoms. The van der Waals surface area contributed by atoms with Crippen LogP contribution in [0.3, 0.4) is 0 Å². The zero-order valence-corrected chi connectivity index (χ0v) is 14.9. The number of carbonyl (C=O) groups is 1. The van der Waals surface area contributed by atoms with Gasteiger partial charge in [-0.15, -0.1) is 0 Å². The van der Waals surface area contributed by atoms with E-state index in [9.17, 15) is 14.9 Å². The first-order chi connectivity index (χ1) is 13.1. The van der Waals surface area contributed by atoms with E-state index >= 15 is 0 Å². The maximum atomic E-state index is 12.8. The molecule has 1 amide bonds. The van der Waals surface area contributed by atoms with Crippen LogP contribution in [0.25, 0.3) is 0 Å². The summed E-state index contributed by atoms with van der Waals surface area (Å²) in [7, 11) is 0. The van der Waals surface area contributed by atoms with Gasteiger partial charge in [-0.05, 0) is 30.2 Å². The molecule has 0 radical (unpaired) electrons. The van der Waals surface area contributed by atoms with Crippen LogP contribution >= 0.6 is 0 Å². The van der Waals surface area contributed by atoms with Gasteiger partial charge in [-0.25, -0.2) is 0 Å². The van der Waals surface area contributed by atoms with Crippen LogP contribution in [0.2, 0.25) is 0 Å². The van der Waals surface area contributed by atoms with Crippen molar-refractivity contribution in [2.24, 2.45) is 0 Å². The molecule has 0 unspecified atom stereocenters. The van der Waals surface area contributed by atoms with Crippen molar-refractivity contribution in [3.63, 3.8) is 0 Å². The average Bonchev–Trinajstić information content (AvgIpc) is 2.93. The van der Waals surface area contributed by atoms with E-state index in [0.717, 1.165) is 25.1 Å². The molecule has 0 N–H and O–H groups in total. The Hall–Kier alpha value is -3.24. The molecule has 0 atom stereocenters. The summed E-state index contributed by atoms with van der Waals surface area (Å²) in [5, 5.41) is 20.1. The summed E-state index contributed by atoms with van der Waals surface area (Å²) in [6.45, 7) is 3.40. The molecule has 2 aromatic carbocycles. The fourth-order valence-electron chi connectivity index (χ4n) is 3.26. The Morgan fingerprint density at radius 1 is 1.07 bits per heavy atom. The monoisotopic (exact) mass is 364 g/mol. The van der Waals surface area contributed by atoms with Crippen LogP contribution in [0, 0.1) is 21.4 Å². The zero-order chi connectivity index (χ0) is 19.2. The van der Waals surface area contributed by atoms with E-state index in [1.165, 1.54) is 12.1 Å². The number of para-hydroxylation sites is 1. The molecule has 1 aliphatic rings. The minimum absolute atomic E-state index is 0.142. The summed E-state index contributed by atoms with van der Waals surface area (Å²) >= 11 is 0. The molecule has 0 aliphatic carbocycles. The van der Waals surface area contributed by atoms with Crippen molar-refractivity contribution in [3.05, 3.63) is 75.3 Å². The summed E-state index contributed by atoms with van der Waals surface area (Å²) in [4.78, 5) is 27.4. The number of amides is 1. The van der Waals surface area contributed by atoms with E-state index in [0.29, 0.717) is 25.2 Å². The number of carbonyl (C=O) groups excluding carboxylic acids is 1. The summed E-state index contributed by atoms with van der Waals surface area (Å²) in [6, 6.07) is 15.7. The van der Waals surface area contributed by atoms with Gasteiger partial charge in [-0.2, -0.15) is 5.26 Å².